The first-order chi connectivity index (χ1) is 9.24. The Morgan fingerprint density at radius 3 is 2.84 bits per heavy atom. The van der Waals surface area contributed by atoms with Gasteiger partial charge in [-0.1, -0.05) is 18.2 Å². The van der Waals surface area contributed by atoms with Gasteiger partial charge >= 0.3 is 0 Å². The quantitative estimate of drug-likeness (QED) is 0.847. The maximum Gasteiger partial charge on any atom is 0.251 e. The van der Waals surface area contributed by atoms with Crippen LogP contribution in [0.15, 0.2) is 34.7 Å². The molecule has 1 unspecified atom stereocenters. The number of carbonyl (C=O) groups excluding carboxylic acids is 1. The first-order valence-electron chi connectivity index (χ1n) is 6.15. The van der Waals surface area contributed by atoms with E-state index in [1.807, 2.05) is 37.3 Å². The summed E-state index contributed by atoms with van der Waals surface area (Å²) in [6, 6.07) is 9.68. The van der Waals surface area contributed by atoms with Crippen LogP contribution in [0.1, 0.15) is 11.5 Å². The van der Waals surface area contributed by atoms with E-state index >= 15 is 0 Å². The van der Waals surface area contributed by atoms with Gasteiger partial charge in [0.25, 0.3) is 5.91 Å². The molecular weight excluding hydrogens is 244 g/mol. The van der Waals surface area contributed by atoms with Gasteiger partial charge in [-0.25, -0.2) is 4.98 Å². The van der Waals surface area contributed by atoms with Gasteiger partial charge < -0.3 is 14.5 Å². The van der Waals surface area contributed by atoms with Crippen molar-refractivity contribution in [2.75, 3.05) is 6.61 Å². The molecule has 1 N–H and O–H groups in total. The summed E-state index contributed by atoms with van der Waals surface area (Å²) in [6.45, 7) is 2.72. The minimum absolute atomic E-state index is 0.0938. The summed E-state index contributed by atoms with van der Waals surface area (Å²) in [5, 5.41) is 2.78. The van der Waals surface area contributed by atoms with Crippen molar-refractivity contribution in [2.45, 2.75) is 19.6 Å². The second-order valence-corrected chi connectivity index (χ2v) is 4.43. The maximum absolute atomic E-state index is 11.5. The number of ether oxygens (including phenoxy) is 1. The molecule has 1 aromatic heterocycles. The molecule has 2 aromatic rings. The molecule has 3 rings (SSSR count). The van der Waals surface area contributed by atoms with Crippen LogP contribution in [-0.4, -0.2) is 23.6 Å². The minimum Gasteiger partial charge on any atom is -0.441 e. The number of hydrogen-bond acceptors (Lipinski definition) is 4. The van der Waals surface area contributed by atoms with E-state index in [0.717, 1.165) is 17.0 Å². The zero-order chi connectivity index (χ0) is 13.2. The molecule has 0 bridgehead atoms. The van der Waals surface area contributed by atoms with Gasteiger partial charge in [-0.15, -0.1) is 0 Å². The molecule has 2 heterocycles. The van der Waals surface area contributed by atoms with E-state index in [2.05, 4.69) is 10.3 Å². The monoisotopic (exact) mass is 258 g/mol. The molecule has 1 saturated heterocycles. The smallest absolute Gasteiger partial charge is 0.251 e. The summed E-state index contributed by atoms with van der Waals surface area (Å²) in [5.74, 6) is 1.20. The van der Waals surface area contributed by atoms with E-state index in [1.165, 1.54) is 0 Å². The van der Waals surface area contributed by atoms with Gasteiger partial charge in [0.15, 0.2) is 6.10 Å². The zero-order valence-corrected chi connectivity index (χ0v) is 10.6. The predicted molar refractivity (Wildman–Crippen MR) is 68.3 cm³/mol. The number of rotatable bonds is 4. The van der Waals surface area contributed by atoms with E-state index in [1.54, 1.807) is 0 Å². The Balaban J connectivity index is 1.72. The molecule has 1 aromatic carbocycles. The third kappa shape index (κ3) is 2.66. The molecule has 0 radical (unpaired) electrons. The Morgan fingerprint density at radius 1 is 1.42 bits per heavy atom. The predicted octanol–water partition coefficient (Wildman–Crippen LogP) is 1.67. The first kappa shape index (κ1) is 11.9. The lowest BCUT2D eigenvalue weighted by atomic mass is 10.2. The Morgan fingerprint density at radius 2 is 2.16 bits per heavy atom. The summed E-state index contributed by atoms with van der Waals surface area (Å²) in [6.07, 6.45) is -0.277. The maximum atomic E-state index is 11.5. The summed E-state index contributed by atoms with van der Waals surface area (Å²) in [7, 11) is 0. The Labute approximate surface area is 110 Å². The highest BCUT2D eigenvalue weighted by atomic mass is 16.6. The zero-order valence-electron chi connectivity index (χ0n) is 10.6. The summed E-state index contributed by atoms with van der Waals surface area (Å²) >= 11 is 0. The number of amides is 1. The van der Waals surface area contributed by atoms with Crippen LogP contribution in [0.2, 0.25) is 0 Å². The second-order valence-electron chi connectivity index (χ2n) is 4.43. The average molecular weight is 258 g/mol. The highest BCUT2D eigenvalue weighted by Gasteiger charge is 2.31. The lowest BCUT2D eigenvalue weighted by molar-refractivity contribution is -0.122. The van der Waals surface area contributed by atoms with Crippen LogP contribution in [0.4, 0.5) is 0 Å². The van der Waals surface area contributed by atoms with Gasteiger partial charge in [0, 0.05) is 5.56 Å². The molecule has 1 aliphatic rings. The summed E-state index contributed by atoms with van der Waals surface area (Å²) < 4.78 is 10.5. The van der Waals surface area contributed by atoms with E-state index < -0.39 is 0 Å². The van der Waals surface area contributed by atoms with Crippen molar-refractivity contribution in [3.05, 3.63) is 41.8 Å². The van der Waals surface area contributed by atoms with E-state index in [-0.39, 0.29) is 12.0 Å². The molecular formula is C14H14N2O3. The Kier molecular flexibility index (Phi) is 3.05. The van der Waals surface area contributed by atoms with Crippen molar-refractivity contribution in [2.24, 2.45) is 0 Å². The van der Waals surface area contributed by atoms with Crippen LogP contribution in [0.3, 0.4) is 0 Å². The molecule has 19 heavy (non-hydrogen) atoms. The fourth-order valence-corrected chi connectivity index (χ4v) is 1.78. The normalized spacial score (nSPS) is 17.2. The molecule has 0 saturated carbocycles. The summed E-state index contributed by atoms with van der Waals surface area (Å²) in [4.78, 5) is 15.9. The van der Waals surface area contributed by atoms with Gasteiger partial charge in [-0.2, -0.15) is 0 Å². The van der Waals surface area contributed by atoms with E-state index in [0.29, 0.717) is 19.0 Å². The third-order valence-corrected chi connectivity index (χ3v) is 2.97. The lowest BCUT2D eigenvalue weighted by Gasteiger charge is -1.99. The second kappa shape index (κ2) is 4.85. The van der Waals surface area contributed by atoms with Crippen LogP contribution in [-0.2, 0) is 16.1 Å². The number of carbonyl (C=O) groups is 1. The number of nitrogens with one attached hydrogen (secondary N) is 1. The number of aryl methyl sites for hydroxylation is 1. The Bertz CT molecular complexity index is 588. The molecule has 0 aliphatic carbocycles. The fraction of sp³-hybridized carbons (Fsp3) is 0.286. The van der Waals surface area contributed by atoms with E-state index in [9.17, 15) is 4.79 Å². The summed E-state index contributed by atoms with van der Waals surface area (Å²) in [5.41, 5.74) is 1.67. The van der Waals surface area contributed by atoms with Crippen LogP contribution in [0.25, 0.3) is 11.5 Å². The average Bonchev–Trinajstić information content (AvgIpc) is 3.21. The van der Waals surface area contributed by atoms with Crippen LogP contribution >= 0.6 is 0 Å². The standard InChI is InChI=1S/C14H14N2O3/c1-9-11(7-15-13(17)12-8-18-12)16-14(19-9)10-5-3-2-4-6-10/h2-6,12H,7-8H2,1H3,(H,15,17). The number of nitrogens with zero attached hydrogens (tertiary/aromatic N) is 1. The van der Waals surface area contributed by atoms with Crippen LogP contribution in [0, 0.1) is 6.92 Å². The van der Waals surface area contributed by atoms with Crippen molar-refractivity contribution >= 4 is 5.91 Å². The molecule has 1 fully saturated rings. The molecule has 5 heteroatoms. The van der Waals surface area contributed by atoms with Gasteiger partial charge in [-0.05, 0) is 19.1 Å². The largest absolute Gasteiger partial charge is 0.441 e. The fourth-order valence-electron chi connectivity index (χ4n) is 1.78. The van der Waals surface area contributed by atoms with Gasteiger partial charge in [0.1, 0.15) is 11.5 Å². The first-order valence-corrected chi connectivity index (χ1v) is 6.15. The van der Waals surface area contributed by atoms with Crippen molar-refractivity contribution in [3.63, 3.8) is 0 Å². The van der Waals surface area contributed by atoms with Crippen molar-refractivity contribution in [3.8, 4) is 11.5 Å². The highest BCUT2D eigenvalue weighted by molar-refractivity contribution is 5.82. The number of benzene rings is 1. The number of hydrogen-bond donors (Lipinski definition) is 1. The number of oxazole rings is 1. The van der Waals surface area contributed by atoms with Gasteiger partial charge in [0.2, 0.25) is 5.89 Å². The highest BCUT2D eigenvalue weighted by Crippen LogP contribution is 2.21. The van der Waals surface area contributed by atoms with Crippen molar-refractivity contribution in [1.82, 2.24) is 10.3 Å². The van der Waals surface area contributed by atoms with Gasteiger partial charge in [0.05, 0.1) is 13.2 Å². The number of epoxide rings is 1. The van der Waals surface area contributed by atoms with Gasteiger partial charge in [-0.3, -0.25) is 4.79 Å². The molecule has 98 valence electrons. The van der Waals surface area contributed by atoms with Crippen molar-refractivity contribution in [1.29, 1.82) is 0 Å². The molecule has 1 atom stereocenters. The Hall–Kier alpha value is -2.14. The van der Waals surface area contributed by atoms with E-state index in [4.69, 9.17) is 9.15 Å². The SMILES string of the molecule is Cc1oc(-c2ccccc2)nc1CNC(=O)C1CO1. The lowest BCUT2D eigenvalue weighted by Crippen LogP contribution is -2.27. The molecule has 1 aliphatic heterocycles. The molecule has 1 amide bonds. The topological polar surface area (TPSA) is 67.7 Å². The third-order valence-electron chi connectivity index (χ3n) is 2.97. The van der Waals surface area contributed by atoms with Crippen LogP contribution in [0.5, 0.6) is 0 Å². The van der Waals surface area contributed by atoms with Crippen molar-refractivity contribution < 1.29 is 13.9 Å². The van der Waals surface area contributed by atoms with Crippen LogP contribution < -0.4 is 5.32 Å². The molecule has 5 nitrogen and oxygen atoms in total. The molecule has 0 spiro atoms. The minimum atomic E-state index is -0.277. The number of aromatic nitrogens is 1.